The molecule has 1 heterocycles. The van der Waals surface area contributed by atoms with Crippen LogP contribution in [0.3, 0.4) is 0 Å². The summed E-state index contributed by atoms with van der Waals surface area (Å²) < 4.78 is 10.9. The van der Waals surface area contributed by atoms with Crippen molar-refractivity contribution in [3.63, 3.8) is 0 Å². The maximum atomic E-state index is 5.93. The van der Waals surface area contributed by atoms with Crippen molar-refractivity contribution in [1.82, 2.24) is 4.90 Å². The van der Waals surface area contributed by atoms with E-state index in [0.29, 0.717) is 12.5 Å². The highest BCUT2D eigenvalue weighted by Crippen LogP contribution is 2.40. The molecule has 1 unspecified atom stereocenters. The first-order valence-corrected chi connectivity index (χ1v) is 6.41. The quantitative estimate of drug-likeness (QED) is 0.881. The van der Waals surface area contributed by atoms with Gasteiger partial charge < -0.3 is 15.2 Å². The molecule has 1 aromatic carbocycles. The van der Waals surface area contributed by atoms with Gasteiger partial charge in [-0.25, -0.2) is 0 Å². The number of likely N-dealkylation sites (N-methyl/N-ethyl adjacent to an activating group) is 1. The number of nitrogens with zero attached hydrogens (tertiary/aromatic N) is 1. The summed E-state index contributed by atoms with van der Waals surface area (Å²) >= 11 is 0. The van der Waals surface area contributed by atoms with Gasteiger partial charge in [-0.1, -0.05) is 13.0 Å². The number of fused-ring (bicyclic) bond motifs is 1. The van der Waals surface area contributed by atoms with E-state index in [1.54, 1.807) is 14.2 Å². The largest absolute Gasteiger partial charge is 0.493 e. The summed E-state index contributed by atoms with van der Waals surface area (Å²) in [5.74, 6) is 1.96. The second-order valence-electron chi connectivity index (χ2n) is 4.63. The second-order valence-corrected chi connectivity index (χ2v) is 4.63. The van der Waals surface area contributed by atoms with Gasteiger partial charge in [0.2, 0.25) is 0 Å². The van der Waals surface area contributed by atoms with Crippen molar-refractivity contribution in [2.75, 3.05) is 33.9 Å². The molecule has 0 fully saturated rings. The molecular weight excluding hydrogens is 228 g/mol. The Bertz CT molecular complexity index is 421. The molecule has 0 bridgehead atoms. The zero-order chi connectivity index (χ0) is 13.1. The molecule has 0 amide bonds. The molecule has 0 aromatic heterocycles. The fourth-order valence-corrected chi connectivity index (χ4v) is 2.72. The molecule has 1 aromatic rings. The normalized spacial score (nSPS) is 19.4. The lowest BCUT2D eigenvalue weighted by atomic mass is 9.88. The summed E-state index contributed by atoms with van der Waals surface area (Å²) in [5, 5.41) is 0. The Morgan fingerprint density at radius 2 is 2.11 bits per heavy atom. The zero-order valence-electron chi connectivity index (χ0n) is 11.4. The molecule has 0 saturated carbocycles. The van der Waals surface area contributed by atoms with E-state index in [0.717, 1.165) is 31.1 Å². The monoisotopic (exact) mass is 250 g/mol. The number of benzene rings is 1. The summed E-state index contributed by atoms with van der Waals surface area (Å²) in [4.78, 5) is 2.41. The molecule has 18 heavy (non-hydrogen) atoms. The molecule has 0 aliphatic carbocycles. The molecule has 2 rings (SSSR count). The fourth-order valence-electron chi connectivity index (χ4n) is 2.72. The van der Waals surface area contributed by atoms with Crippen molar-refractivity contribution < 1.29 is 9.47 Å². The Kier molecular flexibility index (Phi) is 4.09. The fraction of sp³-hybridized carbons (Fsp3) is 0.571. The van der Waals surface area contributed by atoms with E-state index in [1.165, 1.54) is 11.1 Å². The highest BCUT2D eigenvalue weighted by Gasteiger charge is 2.28. The minimum absolute atomic E-state index is 0.318. The Balaban J connectivity index is 2.49. The third-order valence-electron chi connectivity index (χ3n) is 3.69. The van der Waals surface area contributed by atoms with E-state index in [-0.39, 0.29) is 0 Å². The third kappa shape index (κ3) is 2.18. The highest BCUT2D eigenvalue weighted by atomic mass is 16.5. The van der Waals surface area contributed by atoms with Gasteiger partial charge in [-0.2, -0.15) is 0 Å². The van der Waals surface area contributed by atoms with E-state index in [9.17, 15) is 0 Å². The van der Waals surface area contributed by atoms with Gasteiger partial charge in [0.25, 0.3) is 0 Å². The van der Waals surface area contributed by atoms with Crippen molar-refractivity contribution in [1.29, 1.82) is 0 Å². The zero-order valence-corrected chi connectivity index (χ0v) is 11.4. The van der Waals surface area contributed by atoms with Crippen LogP contribution in [0.4, 0.5) is 0 Å². The molecule has 1 aliphatic rings. The summed E-state index contributed by atoms with van der Waals surface area (Å²) in [5.41, 5.74) is 8.46. The van der Waals surface area contributed by atoms with Crippen LogP contribution in [0, 0.1) is 0 Å². The third-order valence-corrected chi connectivity index (χ3v) is 3.69. The molecule has 0 saturated heterocycles. The number of ether oxygens (including phenoxy) is 2. The minimum atomic E-state index is 0.318. The number of rotatable bonds is 4. The van der Waals surface area contributed by atoms with Crippen LogP contribution in [-0.4, -0.2) is 38.8 Å². The number of methoxy groups -OCH3 is 2. The van der Waals surface area contributed by atoms with Crippen LogP contribution in [0.25, 0.3) is 0 Å². The van der Waals surface area contributed by atoms with E-state index in [4.69, 9.17) is 15.2 Å². The van der Waals surface area contributed by atoms with E-state index in [2.05, 4.69) is 17.9 Å². The molecule has 0 spiro atoms. The summed E-state index contributed by atoms with van der Waals surface area (Å²) in [6, 6.07) is 4.10. The molecule has 1 aliphatic heterocycles. The van der Waals surface area contributed by atoms with Crippen molar-refractivity contribution in [3.8, 4) is 11.5 Å². The van der Waals surface area contributed by atoms with Crippen LogP contribution in [-0.2, 0) is 6.54 Å². The smallest absolute Gasteiger partial charge is 0.164 e. The van der Waals surface area contributed by atoms with E-state index < -0.39 is 0 Å². The number of nitrogens with two attached hydrogens (primary N) is 1. The van der Waals surface area contributed by atoms with Gasteiger partial charge >= 0.3 is 0 Å². The molecule has 0 radical (unpaired) electrons. The number of hydrogen-bond donors (Lipinski definition) is 1. The first kappa shape index (κ1) is 13.2. The molecule has 4 heteroatoms. The van der Waals surface area contributed by atoms with Gasteiger partial charge in [0.1, 0.15) is 0 Å². The lowest BCUT2D eigenvalue weighted by Gasteiger charge is -2.34. The molecule has 4 nitrogen and oxygen atoms in total. The van der Waals surface area contributed by atoms with Crippen LogP contribution in [0.1, 0.15) is 24.0 Å². The summed E-state index contributed by atoms with van der Waals surface area (Å²) in [7, 11) is 3.36. The van der Waals surface area contributed by atoms with Crippen molar-refractivity contribution >= 4 is 0 Å². The average Bonchev–Trinajstić information content (AvgIpc) is 2.44. The molecular formula is C14H22N2O2. The van der Waals surface area contributed by atoms with Gasteiger partial charge in [0.05, 0.1) is 14.2 Å². The van der Waals surface area contributed by atoms with Gasteiger partial charge in [0.15, 0.2) is 11.5 Å². The van der Waals surface area contributed by atoms with Crippen LogP contribution >= 0.6 is 0 Å². The Labute approximate surface area is 109 Å². The van der Waals surface area contributed by atoms with E-state index >= 15 is 0 Å². The maximum absolute atomic E-state index is 5.93. The minimum Gasteiger partial charge on any atom is -0.493 e. The van der Waals surface area contributed by atoms with Gasteiger partial charge in [-0.05, 0) is 18.2 Å². The van der Waals surface area contributed by atoms with Crippen LogP contribution in [0.2, 0.25) is 0 Å². The second kappa shape index (κ2) is 5.59. The van der Waals surface area contributed by atoms with Gasteiger partial charge in [-0.15, -0.1) is 0 Å². The lowest BCUT2D eigenvalue weighted by molar-refractivity contribution is 0.237. The first-order chi connectivity index (χ1) is 8.74. The van der Waals surface area contributed by atoms with Crippen LogP contribution < -0.4 is 15.2 Å². The Hall–Kier alpha value is -1.26. The van der Waals surface area contributed by atoms with E-state index in [1.807, 2.05) is 6.07 Å². The van der Waals surface area contributed by atoms with Crippen LogP contribution in [0.5, 0.6) is 11.5 Å². The predicted octanol–water partition coefficient (Wildman–Crippen LogP) is 1.58. The Morgan fingerprint density at radius 3 is 2.67 bits per heavy atom. The Morgan fingerprint density at radius 1 is 1.33 bits per heavy atom. The molecule has 2 N–H and O–H groups in total. The van der Waals surface area contributed by atoms with Crippen molar-refractivity contribution in [2.45, 2.75) is 19.4 Å². The topological polar surface area (TPSA) is 47.7 Å². The first-order valence-electron chi connectivity index (χ1n) is 6.41. The maximum Gasteiger partial charge on any atom is 0.164 e. The highest BCUT2D eigenvalue weighted by molar-refractivity contribution is 5.53. The lowest BCUT2D eigenvalue weighted by Crippen LogP contribution is -2.36. The molecule has 100 valence electrons. The summed E-state index contributed by atoms with van der Waals surface area (Å²) in [6.45, 7) is 5.81. The summed E-state index contributed by atoms with van der Waals surface area (Å²) in [6.07, 6.45) is 0. The standard InChI is InChI=1S/C14H22N2O2/c1-4-16-8-10-5-6-12(17-2)14(18-3)13(10)11(7-15)9-16/h5-6,11H,4,7-9,15H2,1-3H3. The van der Waals surface area contributed by atoms with Crippen LogP contribution in [0.15, 0.2) is 12.1 Å². The van der Waals surface area contributed by atoms with Crippen molar-refractivity contribution in [3.05, 3.63) is 23.3 Å². The SMILES string of the molecule is CCN1Cc2ccc(OC)c(OC)c2C(CN)C1. The van der Waals surface area contributed by atoms with Gasteiger partial charge in [0, 0.05) is 31.1 Å². The molecule has 1 atom stereocenters. The number of hydrogen-bond acceptors (Lipinski definition) is 4. The predicted molar refractivity (Wildman–Crippen MR) is 72.3 cm³/mol. The van der Waals surface area contributed by atoms with Gasteiger partial charge in [-0.3, -0.25) is 4.90 Å². The van der Waals surface area contributed by atoms with Crippen molar-refractivity contribution in [2.24, 2.45) is 5.73 Å². The average molecular weight is 250 g/mol.